The average Bonchev–Trinajstić information content (AvgIpc) is 2.61. The van der Waals surface area contributed by atoms with Crippen LogP contribution < -0.4 is 0 Å². The quantitative estimate of drug-likeness (QED) is 0.805. The molecule has 0 spiro atoms. The summed E-state index contributed by atoms with van der Waals surface area (Å²) in [6, 6.07) is 5.79. The monoisotopic (exact) mass is 253 g/mol. The number of halogens is 1. The number of amides is 1. The highest BCUT2D eigenvalue weighted by Gasteiger charge is 2.10. The third-order valence-corrected chi connectivity index (χ3v) is 3.70. The fourth-order valence-corrected chi connectivity index (χ4v) is 2.63. The summed E-state index contributed by atoms with van der Waals surface area (Å²) in [6.07, 6.45) is 0.438. The van der Waals surface area contributed by atoms with Gasteiger partial charge in [0.1, 0.15) is 0 Å². The fourth-order valence-electron chi connectivity index (χ4n) is 1.51. The first-order chi connectivity index (χ1) is 7.58. The van der Waals surface area contributed by atoms with E-state index in [4.69, 9.17) is 11.6 Å². The summed E-state index contributed by atoms with van der Waals surface area (Å²) in [7, 11) is 3.54. The summed E-state index contributed by atoms with van der Waals surface area (Å²) in [6.45, 7) is 0. The largest absolute Gasteiger partial charge is 0.349 e. The summed E-state index contributed by atoms with van der Waals surface area (Å²) in [5.74, 6) is 0.111. The maximum Gasteiger partial charge on any atom is 0.226 e. The molecule has 2 nitrogen and oxygen atoms in total. The highest BCUT2D eigenvalue weighted by atomic mass is 35.5. The Labute approximate surface area is 103 Å². The molecule has 0 saturated carbocycles. The lowest BCUT2D eigenvalue weighted by Gasteiger charge is -2.09. The minimum absolute atomic E-state index is 0.111. The Kier molecular flexibility index (Phi) is 3.17. The zero-order chi connectivity index (χ0) is 11.7. The van der Waals surface area contributed by atoms with E-state index in [1.807, 2.05) is 23.6 Å². The van der Waals surface area contributed by atoms with Crippen LogP contribution in [0.3, 0.4) is 0 Å². The van der Waals surface area contributed by atoms with Crippen molar-refractivity contribution in [2.45, 2.75) is 6.42 Å². The van der Waals surface area contributed by atoms with Crippen LogP contribution in [-0.2, 0) is 11.2 Å². The molecule has 1 aromatic carbocycles. The molecule has 0 aliphatic carbocycles. The lowest BCUT2D eigenvalue weighted by Crippen LogP contribution is -2.23. The Morgan fingerprint density at radius 3 is 2.88 bits per heavy atom. The molecule has 0 atom stereocenters. The van der Waals surface area contributed by atoms with Gasteiger partial charge in [0.25, 0.3) is 0 Å². The van der Waals surface area contributed by atoms with Crippen molar-refractivity contribution in [1.82, 2.24) is 4.90 Å². The van der Waals surface area contributed by atoms with Gasteiger partial charge in [-0.15, -0.1) is 11.3 Å². The van der Waals surface area contributed by atoms with E-state index in [1.165, 1.54) is 4.70 Å². The molecule has 0 aliphatic heterocycles. The summed E-state index contributed by atoms with van der Waals surface area (Å²) in [5.41, 5.74) is 1.06. The minimum atomic E-state index is 0.111. The van der Waals surface area contributed by atoms with Crippen molar-refractivity contribution in [2.75, 3.05) is 14.1 Å². The molecule has 0 bridgehead atoms. The maximum atomic E-state index is 11.6. The second-order valence-electron chi connectivity index (χ2n) is 3.87. The second kappa shape index (κ2) is 4.44. The lowest BCUT2D eigenvalue weighted by atomic mass is 10.1. The van der Waals surface area contributed by atoms with E-state index in [-0.39, 0.29) is 5.91 Å². The van der Waals surface area contributed by atoms with Gasteiger partial charge in [-0.05, 0) is 34.5 Å². The van der Waals surface area contributed by atoms with Gasteiger partial charge in [-0.1, -0.05) is 11.6 Å². The predicted molar refractivity (Wildman–Crippen MR) is 69.2 cm³/mol. The SMILES string of the molecule is CN(C)C(=O)Cc1csc2ccc(Cl)cc12. The third-order valence-electron chi connectivity index (χ3n) is 2.46. The molecular weight excluding hydrogens is 242 g/mol. The molecule has 0 unspecified atom stereocenters. The molecule has 4 heteroatoms. The van der Waals surface area contributed by atoms with E-state index < -0.39 is 0 Å². The third kappa shape index (κ3) is 2.20. The number of carbonyl (C=O) groups is 1. The Morgan fingerprint density at radius 2 is 2.19 bits per heavy atom. The van der Waals surface area contributed by atoms with Gasteiger partial charge in [-0.25, -0.2) is 0 Å². The first-order valence-electron chi connectivity index (χ1n) is 4.93. The van der Waals surface area contributed by atoms with Crippen molar-refractivity contribution in [3.8, 4) is 0 Å². The lowest BCUT2D eigenvalue weighted by molar-refractivity contribution is -0.127. The number of thiophene rings is 1. The average molecular weight is 254 g/mol. The van der Waals surface area contributed by atoms with E-state index in [9.17, 15) is 4.79 Å². The van der Waals surface area contributed by atoms with Crippen molar-refractivity contribution in [2.24, 2.45) is 0 Å². The zero-order valence-electron chi connectivity index (χ0n) is 9.16. The molecule has 2 aromatic rings. The number of carbonyl (C=O) groups excluding carboxylic acids is 1. The van der Waals surface area contributed by atoms with Crippen LogP contribution in [-0.4, -0.2) is 24.9 Å². The summed E-state index contributed by atoms with van der Waals surface area (Å²) < 4.78 is 1.17. The van der Waals surface area contributed by atoms with Gasteiger partial charge in [0.15, 0.2) is 0 Å². The van der Waals surface area contributed by atoms with E-state index in [1.54, 1.807) is 30.3 Å². The molecule has 1 heterocycles. The van der Waals surface area contributed by atoms with Crippen LogP contribution in [0.5, 0.6) is 0 Å². The molecule has 0 saturated heterocycles. The summed E-state index contributed by atoms with van der Waals surface area (Å²) in [4.78, 5) is 13.2. The van der Waals surface area contributed by atoms with Crippen molar-refractivity contribution in [3.05, 3.63) is 34.2 Å². The number of likely N-dealkylation sites (N-methyl/N-ethyl adjacent to an activating group) is 1. The standard InChI is InChI=1S/C12H12ClNOS/c1-14(2)12(15)5-8-7-16-11-4-3-9(13)6-10(8)11/h3-4,6-7H,5H2,1-2H3. The molecule has 16 heavy (non-hydrogen) atoms. The Hall–Kier alpha value is -1.06. The number of benzene rings is 1. The van der Waals surface area contributed by atoms with Crippen molar-refractivity contribution in [1.29, 1.82) is 0 Å². The first-order valence-corrected chi connectivity index (χ1v) is 6.19. The zero-order valence-corrected chi connectivity index (χ0v) is 10.7. The normalized spacial score (nSPS) is 10.7. The smallest absolute Gasteiger partial charge is 0.226 e. The van der Waals surface area contributed by atoms with Crippen LogP contribution in [0.1, 0.15) is 5.56 Å². The van der Waals surface area contributed by atoms with E-state index in [2.05, 4.69) is 0 Å². The van der Waals surface area contributed by atoms with Gasteiger partial charge in [-0.2, -0.15) is 0 Å². The molecule has 0 fully saturated rings. The van der Waals surface area contributed by atoms with Crippen molar-refractivity contribution < 1.29 is 4.79 Å². The van der Waals surface area contributed by atoms with E-state index >= 15 is 0 Å². The molecule has 84 valence electrons. The number of nitrogens with zero attached hydrogens (tertiary/aromatic N) is 1. The molecule has 1 amide bonds. The van der Waals surface area contributed by atoms with Gasteiger partial charge in [0, 0.05) is 23.8 Å². The van der Waals surface area contributed by atoms with Crippen LogP contribution in [0, 0.1) is 0 Å². The van der Waals surface area contributed by atoms with Crippen LogP contribution >= 0.6 is 22.9 Å². The molecule has 2 rings (SSSR count). The first kappa shape index (κ1) is 11.4. The molecule has 1 aromatic heterocycles. The minimum Gasteiger partial charge on any atom is -0.349 e. The summed E-state index contributed by atoms with van der Waals surface area (Å²) >= 11 is 7.60. The van der Waals surface area contributed by atoms with Gasteiger partial charge < -0.3 is 4.90 Å². The van der Waals surface area contributed by atoms with Crippen LogP contribution in [0.15, 0.2) is 23.6 Å². The van der Waals surface area contributed by atoms with Gasteiger partial charge in [-0.3, -0.25) is 4.79 Å². The Bertz CT molecular complexity index is 533. The molecular formula is C12H12ClNOS. The van der Waals surface area contributed by atoms with Gasteiger partial charge in [0.05, 0.1) is 6.42 Å². The number of hydrogen-bond donors (Lipinski definition) is 0. The van der Waals surface area contributed by atoms with E-state index in [0.29, 0.717) is 11.4 Å². The number of hydrogen-bond acceptors (Lipinski definition) is 2. The van der Waals surface area contributed by atoms with Crippen LogP contribution in [0.2, 0.25) is 5.02 Å². The number of rotatable bonds is 2. The fraction of sp³-hybridized carbons (Fsp3) is 0.250. The molecule has 0 N–H and O–H groups in total. The predicted octanol–water partition coefficient (Wildman–Crippen LogP) is 3.19. The van der Waals surface area contributed by atoms with Gasteiger partial charge in [0.2, 0.25) is 5.91 Å². The Balaban J connectivity index is 2.38. The van der Waals surface area contributed by atoms with Gasteiger partial charge >= 0.3 is 0 Å². The van der Waals surface area contributed by atoms with Crippen LogP contribution in [0.25, 0.3) is 10.1 Å². The molecule has 0 radical (unpaired) electrons. The second-order valence-corrected chi connectivity index (χ2v) is 5.21. The topological polar surface area (TPSA) is 20.3 Å². The van der Waals surface area contributed by atoms with Crippen molar-refractivity contribution >= 4 is 38.9 Å². The maximum absolute atomic E-state index is 11.6. The van der Waals surface area contributed by atoms with E-state index in [0.717, 1.165) is 10.9 Å². The van der Waals surface area contributed by atoms with Crippen molar-refractivity contribution in [3.63, 3.8) is 0 Å². The highest BCUT2D eigenvalue weighted by Crippen LogP contribution is 2.29. The highest BCUT2D eigenvalue weighted by molar-refractivity contribution is 7.17. The van der Waals surface area contributed by atoms with Crippen LogP contribution in [0.4, 0.5) is 0 Å². The summed E-state index contributed by atoms with van der Waals surface area (Å²) in [5, 5.41) is 3.83. The molecule has 0 aliphatic rings. The number of fused-ring (bicyclic) bond motifs is 1. The Morgan fingerprint density at radius 1 is 1.44 bits per heavy atom.